The Bertz CT molecular complexity index is 268. The Balaban J connectivity index is 1.96. The summed E-state index contributed by atoms with van der Waals surface area (Å²) < 4.78 is 37.9. The Hall–Kier alpha value is -0.360. The van der Waals surface area contributed by atoms with Crippen molar-refractivity contribution in [2.45, 2.75) is 12.2 Å². The van der Waals surface area contributed by atoms with Crippen molar-refractivity contribution in [2.24, 2.45) is 0 Å². The van der Waals surface area contributed by atoms with Crippen molar-refractivity contribution in [3.05, 3.63) is 0 Å². The molecule has 2 N–H and O–H groups in total. The lowest BCUT2D eigenvalue weighted by Crippen LogP contribution is -2.29. The zero-order valence-corrected chi connectivity index (χ0v) is 14.8. The summed E-state index contributed by atoms with van der Waals surface area (Å²) in [5.41, 5.74) is 0. The van der Waals surface area contributed by atoms with Crippen LogP contribution in [0.5, 0.6) is 0 Å². The van der Waals surface area contributed by atoms with E-state index in [1.165, 1.54) is 0 Å². The first-order valence-electron chi connectivity index (χ1n) is 8.70. The highest BCUT2D eigenvalue weighted by Gasteiger charge is 2.11. The van der Waals surface area contributed by atoms with Gasteiger partial charge in [0.1, 0.15) is 12.2 Å². The van der Waals surface area contributed by atoms with Crippen LogP contribution in [0, 0.1) is 0 Å². The van der Waals surface area contributed by atoms with Gasteiger partial charge >= 0.3 is 0 Å². The summed E-state index contributed by atoms with van der Waals surface area (Å²) in [5, 5.41) is 17.7. The summed E-state index contributed by atoms with van der Waals surface area (Å²) >= 11 is 0. The Morgan fingerprint density at radius 1 is 0.800 bits per heavy atom. The van der Waals surface area contributed by atoms with E-state index < -0.39 is 6.10 Å². The van der Waals surface area contributed by atoms with Crippen molar-refractivity contribution in [1.29, 1.82) is 0 Å². The first-order chi connectivity index (χ1) is 12.3. The van der Waals surface area contributed by atoms with Gasteiger partial charge in [-0.25, -0.2) is 0 Å². The van der Waals surface area contributed by atoms with Crippen molar-refractivity contribution in [2.75, 3.05) is 92.5 Å². The minimum atomic E-state index is -0.839. The molecule has 1 saturated heterocycles. The van der Waals surface area contributed by atoms with Crippen LogP contribution in [-0.4, -0.2) is 115 Å². The quantitative estimate of drug-likeness (QED) is 0.437. The second-order valence-corrected chi connectivity index (χ2v) is 5.39. The van der Waals surface area contributed by atoms with Crippen LogP contribution < -0.4 is 0 Å². The number of hydrogen-bond acceptors (Lipinski definition) is 9. The minimum Gasteiger partial charge on any atom is -0.394 e. The van der Waals surface area contributed by atoms with Gasteiger partial charge in [0, 0.05) is 0 Å². The van der Waals surface area contributed by atoms with Crippen molar-refractivity contribution in [3.8, 4) is 0 Å². The standard InChI is InChI=1S/C16H32O9/c17-11-15(18)12-22-6-3-20-5-8-24-14-16-13-23-7-4-19-1-2-21-9-10-25-16/h15-18H,1-14H2. The zero-order chi connectivity index (χ0) is 18.0. The predicted octanol–water partition coefficient (Wildman–Crippen LogP) is -1.16. The van der Waals surface area contributed by atoms with E-state index in [1.54, 1.807) is 0 Å². The number of rotatable bonds is 11. The minimum absolute atomic E-state index is 0.101. The van der Waals surface area contributed by atoms with Crippen LogP contribution in [0.2, 0.25) is 0 Å². The van der Waals surface area contributed by atoms with E-state index in [-0.39, 0.29) is 19.3 Å². The summed E-state index contributed by atoms with van der Waals surface area (Å²) in [4.78, 5) is 0. The van der Waals surface area contributed by atoms with Gasteiger partial charge in [0.25, 0.3) is 0 Å². The van der Waals surface area contributed by atoms with Crippen molar-refractivity contribution >= 4 is 0 Å². The van der Waals surface area contributed by atoms with Crippen LogP contribution >= 0.6 is 0 Å². The molecule has 0 bridgehead atoms. The van der Waals surface area contributed by atoms with E-state index in [4.69, 9.17) is 43.4 Å². The average molecular weight is 368 g/mol. The number of ether oxygens (including phenoxy) is 7. The maximum Gasteiger partial charge on any atom is 0.104 e. The van der Waals surface area contributed by atoms with Crippen molar-refractivity contribution < 1.29 is 43.4 Å². The molecule has 0 aliphatic carbocycles. The summed E-state index contributed by atoms with van der Waals surface area (Å²) in [6.07, 6.45) is -0.986. The molecule has 0 spiro atoms. The van der Waals surface area contributed by atoms with Crippen LogP contribution in [0.4, 0.5) is 0 Å². The van der Waals surface area contributed by atoms with E-state index in [2.05, 4.69) is 0 Å². The van der Waals surface area contributed by atoms with E-state index >= 15 is 0 Å². The molecule has 0 aromatic heterocycles. The van der Waals surface area contributed by atoms with Gasteiger partial charge < -0.3 is 43.4 Å². The van der Waals surface area contributed by atoms with E-state index in [9.17, 15) is 0 Å². The van der Waals surface area contributed by atoms with Gasteiger partial charge in [0.15, 0.2) is 0 Å². The molecule has 0 saturated carbocycles. The van der Waals surface area contributed by atoms with Gasteiger partial charge in [0.05, 0.1) is 92.5 Å². The lowest BCUT2D eigenvalue weighted by molar-refractivity contribution is -0.0945. The lowest BCUT2D eigenvalue weighted by atomic mass is 10.4. The molecule has 9 nitrogen and oxygen atoms in total. The number of aliphatic hydroxyl groups excluding tert-OH is 2. The van der Waals surface area contributed by atoms with E-state index in [1.807, 2.05) is 0 Å². The molecule has 0 amide bonds. The molecule has 150 valence electrons. The van der Waals surface area contributed by atoms with Gasteiger partial charge in [-0.3, -0.25) is 0 Å². The van der Waals surface area contributed by atoms with Gasteiger partial charge in [-0.2, -0.15) is 0 Å². The summed E-state index contributed by atoms with van der Waals surface area (Å²) in [5.74, 6) is 0. The fraction of sp³-hybridized carbons (Fsp3) is 1.00. The first-order valence-corrected chi connectivity index (χ1v) is 8.70. The third kappa shape index (κ3) is 14.5. The highest BCUT2D eigenvalue weighted by molar-refractivity contribution is 4.56. The van der Waals surface area contributed by atoms with Crippen LogP contribution in [0.3, 0.4) is 0 Å². The van der Waals surface area contributed by atoms with Crippen LogP contribution in [0.1, 0.15) is 0 Å². The molecule has 1 heterocycles. The molecule has 1 aliphatic heterocycles. The molecule has 0 aromatic rings. The predicted molar refractivity (Wildman–Crippen MR) is 87.7 cm³/mol. The Morgan fingerprint density at radius 2 is 1.40 bits per heavy atom. The van der Waals surface area contributed by atoms with E-state index in [0.717, 1.165) is 0 Å². The van der Waals surface area contributed by atoms with Crippen LogP contribution in [0.15, 0.2) is 0 Å². The molecule has 2 atom stereocenters. The van der Waals surface area contributed by atoms with Gasteiger partial charge in [-0.05, 0) is 0 Å². The van der Waals surface area contributed by atoms with Crippen LogP contribution in [0.25, 0.3) is 0 Å². The maximum atomic E-state index is 9.08. The number of hydrogen-bond donors (Lipinski definition) is 2. The summed E-state index contributed by atoms with van der Waals surface area (Å²) in [6, 6.07) is 0. The second-order valence-electron chi connectivity index (χ2n) is 5.39. The first kappa shape index (κ1) is 22.7. The van der Waals surface area contributed by atoms with Crippen molar-refractivity contribution in [3.63, 3.8) is 0 Å². The highest BCUT2D eigenvalue weighted by atomic mass is 16.6. The number of aliphatic hydroxyl groups is 2. The molecule has 1 rings (SSSR count). The fourth-order valence-electron chi connectivity index (χ4n) is 1.90. The topological polar surface area (TPSA) is 105 Å². The average Bonchev–Trinajstić information content (AvgIpc) is 2.61. The van der Waals surface area contributed by atoms with E-state index in [0.29, 0.717) is 79.3 Å². The lowest BCUT2D eigenvalue weighted by Gasteiger charge is -2.19. The molecular formula is C16H32O9. The molecule has 0 radical (unpaired) electrons. The third-order valence-corrected chi connectivity index (χ3v) is 3.20. The Kier molecular flexibility index (Phi) is 15.5. The highest BCUT2D eigenvalue weighted by Crippen LogP contribution is 1.98. The molecule has 1 fully saturated rings. The Morgan fingerprint density at radius 3 is 2.12 bits per heavy atom. The van der Waals surface area contributed by atoms with Crippen molar-refractivity contribution in [1.82, 2.24) is 0 Å². The van der Waals surface area contributed by atoms with Gasteiger partial charge in [0.2, 0.25) is 0 Å². The molecule has 0 aromatic carbocycles. The summed E-state index contributed by atoms with van der Waals surface area (Å²) in [7, 11) is 0. The van der Waals surface area contributed by atoms with Gasteiger partial charge in [-0.1, -0.05) is 0 Å². The monoisotopic (exact) mass is 368 g/mol. The van der Waals surface area contributed by atoms with Crippen LogP contribution in [-0.2, 0) is 33.2 Å². The normalized spacial score (nSPS) is 22.1. The molecule has 2 unspecified atom stereocenters. The SMILES string of the molecule is OCC(O)COCCOCCOCC1COCCOCCOCCO1. The molecule has 9 heteroatoms. The smallest absolute Gasteiger partial charge is 0.104 e. The molecular weight excluding hydrogens is 336 g/mol. The maximum absolute atomic E-state index is 9.08. The molecule has 25 heavy (non-hydrogen) atoms. The Labute approximate surface area is 149 Å². The molecule has 1 aliphatic rings. The zero-order valence-electron chi connectivity index (χ0n) is 14.8. The second kappa shape index (κ2) is 17.1. The fourth-order valence-corrected chi connectivity index (χ4v) is 1.90. The third-order valence-electron chi connectivity index (χ3n) is 3.20. The largest absolute Gasteiger partial charge is 0.394 e. The summed E-state index contributed by atoms with van der Waals surface area (Å²) in [6.45, 7) is 5.53. The van der Waals surface area contributed by atoms with Gasteiger partial charge in [-0.15, -0.1) is 0 Å².